The zero-order valence-electron chi connectivity index (χ0n) is 16.9. The standard InChI is InChI=1S/C22H26N2O4S/c1-15(29-18-9-7-17(27-2)8-10-18)21(25)23-19-14-16(22(26)28-3)6-11-20(19)24-12-4-5-13-24/h6-11,14-15H,4-5,12-13H2,1-3H3,(H,23,25). The minimum atomic E-state index is -0.422. The van der Waals surface area contributed by atoms with E-state index in [0.29, 0.717) is 11.3 Å². The van der Waals surface area contributed by atoms with Gasteiger partial charge < -0.3 is 19.7 Å². The van der Waals surface area contributed by atoms with E-state index in [9.17, 15) is 9.59 Å². The maximum absolute atomic E-state index is 12.9. The van der Waals surface area contributed by atoms with Crippen LogP contribution in [0, 0.1) is 0 Å². The molecule has 1 N–H and O–H groups in total. The third-order valence-electron chi connectivity index (χ3n) is 4.86. The van der Waals surface area contributed by atoms with Gasteiger partial charge in [-0.3, -0.25) is 4.79 Å². The van der Waals surface area contributed by atoms with Gasteiger partial charge in [-0.15, -0.1) is 11.8 Å². The van der Waals surface area contributed by atoms with Crippen molar-refractivity contribution in [1.82, 2.24) is 0 Å². The molecule has 1 heterocycles. The van der Waals surface area contributed by atoms with Crippen molar-refractivity contribution in [3.05, 3.63) is 48.0 Å². The van der Waals surface area contributed by atoms with Gasteiger partial charge >= 0.3 is 5.97 Å². The molecule has 2 aromatic carbocycles. The first kappa shape index (κ1) is 21.0. The highest BCUT2D eigenvalue weighted by Gasteiger charge is 2.21. The zero-order valence-corrected chi connectivity index (χ0v) is 17.8. The lowest BCUT2D eigenvalue weighted by atomic mass is 10.1. The Morgan fingerprint density at radius 3 is 2.38 bits per heavy atom. The SMILES string of the molecule is COC(=O)c1ccc(N2CCCC2)c(NC(=O)C(C)Sc2ccc(OC)cc2)c1. The molecule has 154 valence electrons. The van der Waals surface area contributed by atoms with Gasteiger partial charge in [-0.25, -0.2) is 4.79 Å². The van der Waals surface area contributed by atoms with Crippen LogP contribution in [0.2, 0.25) is 0 Å². The lowest BCUT2D eigenvalue weighted by Gasteiger charge is -2.23. The Morgan fingerprint density at radius 2 is 1.76 bits per heavy atom. The Labute approximate surface area is 175 Å². The van der Waals surface area contributed by atoms with E-state index in [0.717, 1.165) is 42.3 Å². The molecule has 1 atom stereocenters. The number of ether oxygens (including phenoxy) is 2. The third kappa shape index (κ3) is 5.23. The van der Waals surface area contributed by atoms with E-state index in [4.69, 9.17) is 9.47 Å². The molecular weight excluding hydrogens is 388 g/mol. The number of carbonyl (C=O) groups excluding carboxylic acids is 2. The summed E-state index contributed by atoms with van der Waals surface area (Å²) < 4.78 is 10.00. The summed E-state index contributed by atoms with van der Waals surface area (Å²) in [6, 6.07) is 12.9. The Balaban J connectivity index is 1.76. The molecule has 0 saturated carbocycles. The minimum absolute atomic E-state index is 0.117. The van der Waals surface area contributed by atoms with E-state index in [1.165, 1.54) is 18.9 Å². The van der Waals surface area contributed by atoms with Crippen LogP contribution in [0.1, 0.15) is 30.1 Å². The van der Waals surface area contributed by atoms with Crippen molar-refractivity contribution in [2.75, 3.05) is 37.5 Å². The number of carbonyl (C=O) groups is 2. The van der Waals surface area contributed by atoms with Gasteiger partial charge in [0.25, 0.3) is 0 Å². The van der Waals surface area contributed by atoms with E-state index in [2.05, 4.69) is 10.2 Å². The number of rotatable bonds is 7. The van der Waals surface area contributed by atoms with E-state index >= 15 is 0 Å². The normalized spacial score (nSPS) is 14.4. The second-order valence-electron chi connectivity index (χ2n) is 6.84. The van der Waals surface area contributed by atoms with Gasteiger partial charge in [0.1, 0.15) is 5.75 Å². The van der Waals surface area contributed by atoms with Gasteiger partial charge in [-0.05, 0) is 62.2 Å². The molecule has 0 radical (unpaired) electrons. The van der Waals surface area contributed by atoms with E-state index < -0.39 is 5.97 Å². The average Bonchev–Trinajstić information content (AvgIpc) is 3.28. The van der Waals surface area contributed by atoms with Crippen molar-refractivity contribution in [1.29, 1.82) is 0 Å². The largest absolute Gasteiger partial charge is 0.497 e. The van der Waals surface area contributed by atoms with Gasteiger partial charge in [-0.1, -0.05) is 0 Å². The predicted molar refractivity (Wildman–Crippen MR) is 116 cm³/mol. The molecule has 1 aliphatic heterocycles. The first-order chi connectivity index (χ1) is 14.0. The summed E-state index contributed by atoms with van der Waals surface area (Å²) in [5.74, 6) is 0.240. The van der Waals surface area contributed by atoms with Gasteiger partial charge in [-0.2, -0.15) is 0 Å². The number of benzene rings is 2. The zero-order chi connectivity index (χ0) is 20.8. The molecule has 3 rings (SSSR count). The molecule has 6 nitrogen and oxygen atoms in total. The Morgan fingerprint density at radius 1 is 1.07 bits per heavy atom. The molecule has 1 aliphatic rings. The van der Waals surface area contributed by atoms with Gasteiger partial charge in [0, 0.05) is 18.0 Å². The molecule has 1 fully saturated rings. The molecule has 29 heavy (non-hydrogen) atoms. The van der Waals surface area contributed by atoms with Crippen LogP contribution in [0.3, 0.4) is 0 Å². The third-order valence-corrected chi connectivity index (χ3v) is 5.98. The summed E-state index contributed by atoms with van der Waals surface area (Å²) >= 11 is 1.47. The van der Waals surface area contributed by atoms with Gasteiger partial charge in [0.15, 0.2) is 0 Å². The van der Waals surface area contributed by atoms with E-state index in [-0.39, 0.29) is 11.2 Å². The summed E-state index contributed by atoms with van der Waals surface area (Å²) in [5, 5.41) is 2.71. The van der Waals surface area contributed by atoms with Gasteiger partial charge in [0.05, 0.1) is 36.4 Å². The molecule has 0 bridgehead atoms. The fourth-order valence-electron chi connectivity index (χ4n) is 3.26. The monoisotopic (exact) mass is 414 g/mol. The van der Waals surface area contributed by atoms with Crippen LogP contribution in [0.5, 0.6) is 5.75 Å². The highest BCUT2D eigenvalue weighted by Crippen LogP contribution is 2.32. The maximum atomic E-state index is 12.9. The fourth-order valence-corrected chi connectivity index (χ4v) is 4.13. The van der Waals surface area contributed by atoms with Crippen LogP contribution in [0.15, 0.2) is 47.4 Å². The molecule has 1 unspecified atom stereocenters. The molecule has 7 heteroatoms. The summed E-state index contributed by atoms with van der Waals surface area (Å²) in [4.78, 5) is 28.0. The molecule has 0 aromatic heterocycles. The van der Waals surface area contributed by atoms with Crippen molar-refractivity contribution in [2.24, 2.45) is 0 Å². The van der Waals surface area contributed by atoms with Crippen molar-refractivity contribution < 1.29 is 19.1 Å². The average molecular weight is 415 g/mol. The second-order valence-corrected chi connectivity index (χ2v) is 8.26. The predicted octanol–water partition coefficient (Wildman–Crippen LogP) is 4.20. The molecule has 0 spiro atoms. The summed E-state index contributed by atoms with van der Waals surface area (Å²) in [7, 11) is 2.97. The van der Waals surface area contributed by atoms with Crippen LogP contribution in [0.4, 0.5) is 11.4 Å². The van der Waals surface area contributed by atoms with Crippen LogP contribution in [0.25, 0.3) is 0 Å². The van der Waals surface area contributed by atoms with Crippen molar-refractivity contribution in [3.8, 4) is 5.75 Å². The quantitative estimate of drug-likeness (QED) is 0.541. The fraction of sp³-hybridized carbons (Fsp3) is 0.364. The van der Waals surface area contributed by atoms with Crippen LogP contribution < -0.4 is 15.0 Å². The summed E-state index contributed by atoms with van der Waals surface area (Å²) in [6.45, 7) is 3.75. The Kier molecular flexibility index (Phi) is 7.04. The molecule has 1 amide bonds. The van der Waals surface area contributed by atoms with Crippen molar-refractivity contribution in [2.45, 2.75) is 29.9 Å². The van der Waals surface area contributed by atoms with Crippen LogP contribution in [-0.4, -0.2) is 44.4 Å². The first-order valence-electron chi connectivity index (χ1n) is 9.60. The topological polar surface area (TPSA) is 67.9 Å². The highest BCUT2D eigenvalue weighted by molar-refractivity contribution is 8.00. The smallest absolute Gasteiger partial charge is 0.337 e. The number of esters is 1. The highest BCUT2D eigenvalue weighted by atomic mass is 32.2. The van der Waals surface area contributed by atoms with Crippen molar-refractivity contribution in [3.63, 3.8) is 0 Å². The first-order valence-corrected chi connectivity index (χ1v) is 10.5. The minimum Gasteiger partial charge on any atom is -0.497 e. The number of nitrogens with zero attached hydrogens (tertiary/aromatic N) is 1. The number of methoxy groups -OCH3 is 2. The number of thioether (sulfide) groups is 1. The number of amides is 1. The number of nitrogens with one attached hydrogen (secondary N) is 1. The van der Waals surface area contributed by atoms with Gasteiger partial charge in [0.2, 0.25) is 5.91 Å². The number of hydrogen-bond donors (Lipinski definition) is 1. The summed E-state index contributed by atoms with van der Waals surface area (Å²) in [6.07, 6.45) is 2.24. The summed E-state index contributed by atoms with van der Waals surface area (Å²) in [5.41, 5.74) is 1.99. The molecule has 1 saturated heterocycles. The number of anilines is 2. The molecule has 2 aromatic rings. The molecule has 0 aliphatic carbocycles. The number of hydrogen-bond acceptors (Lipinski definition) is 6. The van der Waals surface area contributed by atoms with E-state index in [1.807, 2.05) is 37.3 Å². The van der Waals surface area contributed by atoms with Crippen LogP contribution >= 0.6 is 11.8 Å². The maximum Gasteiger partial charge on any atom is 0.337 e. The lowest BCUT2D eigenvalue weighted by molar-refractivity contribution is -0.115. The van der Waals surface area contributed by atoms with Crippen molar-refractivity contribution >= 4 is 35.0 Å². The van der Waals surface area contributed by atoms with E-state index in [1.54, 1.807) is 19.2 Å². The lowest BCUT2D eigenvalue weighted by Crippen LogP contribution is -2.25. The van der Waals surface area contributed by atoms with Crippen LogP contribution in [-0.2, 0) is 9.53 Å². The Bertz CT molecular complexity index is 864. The second kappa shape index (κ2) is 9.69. The molecular formula is C22H26N2O4S. The Hall–Kier alpha value is -2.67.